The molecule has 4 aromatic heterocycles. The number of rotatable bonds is 1. The maximum Gasteiger partial charge on any atom is 0.160 e. The fourth-order valence-electron chi connectivity index (χ4n) is 12.7. The van der Waals surface area contributed by atoms with Crippen LogP contribution in [0.4, 0.5) is 0 Å². The highest BCUT2D eigenvalue weighted by Crippen LogP contribution is 2.65. The summed E-state index contributed by atoms with van der Waals surface area (Å²) in [6.45, 7) is 10.3. The van der Waals surface area contributed by atoms with Gasteiger partial charge in [-0.15, -0.1) is 22.7 Å². The number of benzene rings is 7. The van der Waals surface area contributed by atoms with Crippen LogP contribution in [-0.4, -0.2) is 20.7 Å². The number of nitrogens with zero attached hydrogens (tertiary/aromatic N) is 1. The Hall–Kier alpha value is -6.03. The molecule has 0 saturated heterocycles. The van der Waals surface area contributed by atoms with E-state index in [-0.39, 0.29) is 0 Å². The lowest BCUT2D eigenvalue weighted by atomic mass is 9.55. The Labute approximate surface area is 370 Å². The zero-order valence-electron chi connectivity index (χ0n) is 34.9. The van der Waals surface area contributed by atoms with Crippen LogP contribution in [0.2, 0.25) is 26.2 Å². The minimum atomic E-state index is -2.12. The van der Waals surface area contributed by atoms with Gasteiger partial charge in [0.15, 0.2) is 5.58 Å². The molecule has 11 aromatic rings. The van der Waals surface area contributed by atoms with E-state index in [1.54, 1.807) is 0 Å². The van der Waals surface area contributed by atoms with Crippen LogP contribution in [0.25, 0.3) is 48.7 Å². The predicted octanol–water partition coefficient (Wildman–Crippen LogP) is 12.2. The zero-order valence-corrected chi connectivity index (χ0v) is 38.5. The number of thiophene rings is 2. The monoisotopic (exact) mass is 863 g/mol. The van der Waals surface area contributed by atoms with Crippen molar-refractivity contribution in [2.24, 2.45) is 0 Å². The molecular formula is C56H41NOS2Si2. The molecule has 0 atom stereocenters. The Morgan fingerprint density at radius 1 is 0.452 bits per heavy atom. The van der Waals surface area contributed by atoms with Crippen LogP contribution >= 0.6 is 22.7 Å². The number of aromatic nitrogens is 1. The Bertz CT molecular complexity index is 3500. The van der Waals surface area contributed by atoms with E-state index in [2.05, 4.69) is 206 Å². The van der Waals surface area contributed by atoms with E-state index in [4.69, 9.17) is 4.42 Å². The van der Waals surface area contributed by atoms with Crippen LogP contribution in [0, 0.1) is 0 Å². The molecule has 2 aliphatic heterocycles. The van der Waals surface area contributed by atoms with E-state index < -0.39 is 27.0 Å². The molecule has 0 saturated carbocycles. The van der Waals surface area contributed by atoms with Gasteiger partial charge in [-0.3, -0.25) is 4.57 Å². The highest BCUT2D eigenvalue weighted by atomic mass is 32.1. The van der Waals surface area contributed by atoms with Crippen molar-refractivity contribution in [1.29, 1.82) is 0 Å². The van der Waals surface area contributed by atoms with Crippen molar-refractivity contribution in [1.82, 2.24) is 4.57 Å². The molecule has 0 amide bonds. The molecule has 0 unspecified atom stereocenters. The maximum absolute atomic E-state index is 6.94. The van der Waals surface area contributed by atoms with Gasteiger partial charge in [0.25, 0.3) is 0 Å². The lowest BCUT2D eigenvalue weighted by Crippen LogP contribution is -2.66. The van der Waals surface area contributed by atoms with E-state index in [1.807, 2.05) is 22.7 Å². The van der Waals surface area contributed by atoms with Gasteiger partial charge in [-0.2, -0.15) is 0 Å². The van der Waals surface area contributed by atoms with Crippen LogP contribution in [0.5, 0.6) is 0 Å². The van der Waals surface area contributed by atoms with Crippen LogP contribution in [0.1, 0.15) is 43.1 Å². The highest BCUT2D eigenvalue weighted by molar-refractivity contribution is 7.15. The van der Waals surface area contributed by atoms with Gasteiger partial charge >= 0.3 is 0 Å². The van der Waals surface area contributed by atoms with Crippen molar-refractivity contribution < 1.29 is 4.42 Å². The molecule has 3 aliphatic rings. The molecule has 62 heavy (non-hydrogen) atoms. The summed E-state index contributed by atoms with van der Waals surface area (Å²) >= 11 is 3.97. The summed E-state index contributed by atoms with van der Waals surface area (Å²) in [5.41, 5.74) is 11.8. The Morgan fingerprint density at radius 3 is 1.56 bits per heavy atom. The van der Waals surface area contributed by atoms with Crippen LogP contribution < -0.4 is 20.7 Å². The molecule has 2 spiro atoms. The summed E-state index contributed by atoms with van der Waals surface area (Å²) in [4.78, 5) is 2.88. The third-order valence-corrected chi connectivity index (χ3v) is 24.7. The molecule has 2 nitrogen and oxygen atoms in total. The third kappa shape index (κ3) is 3.98. The smallest absolute Gasteiger partial charge is 0.160 e. The molecule has 296 valence electrons. The van der Waals surface area contributed by atoms with E-state index in [0.29, 0.717) is 0 Å². The highest BCUT2D eigenvalue weighted by Gasteiger charge is 2.62. The second-order valence-corrected chi connectivity index (χ2v) is 29.3. The number of hydrogen-bond donors (Lipinski definition) is 0. The molecule has 0 N–H and O–H groups in total. The summed E-state index contributed by atoms with van der Waals surface area (Å²) in [7, 11) is -4.23. The summed E-state index contributed by atoms with van der Waals surface area (Å²) in [6, 6.07) is 65.4. The van der Waals surface area contributed by atoms with E-state index in [1.165, 1.54) is 85.2 Å². The molecule has 6 heteroatoms. The average molecular weight is 864 g/mol. The van der Waals surface area contributed by atoms with Gasteiger partial charge in [0.2, 0.25) is 0 Å². The molecule has 7 aromatic carbocycles. The Morgan fingerprint density at radius 2 is 0.952 bits per heavy atom. The average Bonchev–Trinajstić information content (AvgIpc) is 4.12. The van der Waals surface area contributed by atoms with Crippen molar-refractivity contribution in [2.45, 2.75) is 37.0 Å². The number of furan rings is 1. The van der Waals surface area contributed by atoms with Crippen molar-refractivity contribution in [3.8, 4) is 5.00 Å². The first kappa shape index (κ1) is 35.6. The van der Waals surface area contributed by atoms with Crippen molar-refractivity contribution >= 4 is 103 Å². The number of hydrogen-bond acceptors (Lipinski definition) is 3. The SMILES string of the molecule is C[Si]1(C)c2ccccc2C2(c3ccccc31)c1cc(-n3c4ccccc4c4ccc5c6ccccc6oc5c43)sc1C1(c3ccccc3[Si](C)(C)c3ccccc31)c1ccsc12. The standard InChI is InChI=1S/C56H41NOS2Si2/c1-61(2)46-25-13-7-19-38(46)55(39-20-8-14-26-47(39)61)42-31-32-59-53(42)56(40-21-9-15-27-48(40)62(3,4)49-28-16-10-22-41(49)56)43-33-50(60-54(43)55)57-44-23-11-5-17-34(44)36-29-30-37-35-18-6-12-24-45(35)58-52(37)51(36)57/h5-33H,1-4H3. The van der Waals surface area contributed by atoms with Gasteiger partial charge in [-0.25, -0.2) is 0 Å². The van der Waals surface area contributed by atoms with Gasteiger partial charge in [0.1, 0.15) is 26.7 Å². The van der Waals surface area contributed by atoms with Crippen LogP contribution in [0.3, 0.4) is 0 Å². The first-order valence-electron chi connectivity index (χ1n) is 21.8. The van der Waals surface area contributed by atoms with Crippen LogP contribution in [0.15, 0.2) is 180 Å². The fourth-order valence-corrected chi connectivity index (χ4v) is 21.8. The van der Waals surface area contributed by atoms with Crippen molar-refractivity contribution in [3.05, 3.63) is 218 Å². The summed E-state index contributed by atoms with van der Waals surface area (Å²) in [5.74, 6) is 0. The van der Waals surface area contributed by atoms with Crippen LogP contribution in [-0.2, 0) is 10.8 Å². The largest absolute Gasteiger partial charge is 0.454 e. The molecule has 0 radical (unpaired) electrons. The van der Waals surface area contributed by atoms with Crippen molar-refractivity contribution in [3.63, 3.8) is 0 Å². The maximum atomic E-state index is 6.94. The second-order valence-electron chi connectivity index (χ2n) is 18.7. The van der Waals surface area contributed by atoms with E-state index in [0.717, 1.165) is 27.5 Å². The molecule has 0 bridgehead atoms. The summed E-state index contributed by atoms with van der Waals surface area (Å²) < 4.78 is 9.51. The van der Waals surface area contributed by atoms with E-state index in [9.17, 15) is 0 Å². The minimum absolute atomic E-state index is 0.518. The Kier molecular flexibility index (Phi) is 6.83. The molecule has 1 aliphatic carbocycles. The van der Waals surface area contributed by atoms with Gasteiger partial charge in [-0.05, 0) is 89.8 Å². The van der Waals surface area contributed by atoms with Gasteiger partial charge in [0.05, 0.1) is 21.9 Å². The summed E-state index contributed by atoms with van der Waals surface area (Å²) in [6.07, 6.45) is 0. The second kappa shape index (κ2) is 11.9. The molecule has 14 rings (SSSR count). The third-order valence-electron chi connectivity index (χ3n) is 15.3. The van der Waals surface area contributed by atoms with E-state index >= 15 is 0 Å². The van der Waals surface area contributed by atoms with Gasteiger partial charge < -0.3 is 4.42 Å². The topological polar surface area (TPSA) is 18.1 Å². The van der Waals surface area contributed by atoms with Gasteiger partial charge in [-0.1, -0.05) is 166 Å². The van der Waals surface area contributed by atoms with Crippen molar-refractivity contribution in [2.75, 3.05) is 0 Å². The normalized spacial score (nSPS) is 16.9. The van der Waals surface area contributed by atoms with Gasteiger partial charge in [0, 0.05) is 31.3 Å². The first-order valence-corrected chi connectivity index (χ1v) is 29.4. The minimum Gasteiger partial charge on any atom is -0.454 e. The number of fused-ring (bicyclic) bond motifs is 21. The fraction of sp³-hybridized carbons (Fsp3) is 0.107. The number of para-hydroxylation sites is 2. The first-order chi connectivity index (χ1) is 30.3. The molecular weight excluding hydrogens is 823 g/mol. The predicted molar refractivity (Wildman–Crippen MR) is 267 cm³/mol. The zero-order chi connectivity index (χ0) is 41.3. The quantitative estimate of drug-likeness (QED) is 0.150. The summed E-state index contributed by atoms with van der Waals surface area (Å²) in [5, 5.41) is 14.5. The lowest BCUT2D eigenvalue weighted by molar-refractivity contribution is 0.646. The molecule has 6 heterocycles. The Balaban J connectivity index is 1.22. The lowest BCUT2D eigenvalue weighted by Gasteiger charge is -2.54. The molecule has 0 fully saturated rings.